The number of hydrogen-bond acceptors (Lipinski definition) is 2. The lowest BCUT2D eigenvalue weighted by Crippen LogP contribution is -2.61. The molecule has 3 aliphatic rings. The van der Waals surface area contributed by atoms with Gasteiger partial charge < -0.3 is 0 Å². The van der Waals surface area contributed by atoms with Crippen LogP contribution in [0.1, 0.15) is 61.5 Å². The van der Waals surface area contributed by atoms with Gasteiger partial charge in [-0.25, -0.2) is 0 Å². The Morgan fingerprint density at radius 2 is 2.09 bits per heavy atom. The Bertz CT molecular complexity index is 618. The fourth-order valence-electron chi connectivity index (χ4n) is 4.68. The van der Waals surface area contributed by atoms with Crippen LogP contribution in [-0.2, 0) is 11.8 Å². The quantitative estimate of drug-likeness (QED) is 0.845. The fourth-order valence-corrected chi connectivity index (χ4v) is 4.68. The Balaban J connectivity index is 1.78. The predicted molar refractivity (Wildman–Crippen MR) is 89.4 cm³/mol. The molecule has 2 nitrogen and oxygen atoms in total. The smallest absolute Gasteiger partial charge is 0.180 e. The van der Waals surface area contributed by atoms with Crippen LogP contribution in [0, 0.1) is 11.8 Å². The number of benzene rings is 1. The number of carbonyl (C=O) groups excluding carboxylic acids is 1. The Morgan fingerprint density at radius 3 is 2.77 bits per heavy atom. The van der Waals surface area contributed by atoms with Crippen molar-refractivity contribution in [2.45, 2.75) is 57.9 Å². The Labute approximate surface area is 133 Å². The van der Waals surface area contributed by atoms with Gasteiger partial charge in [0.25, 0.3) is 0 Å². The van der Waals surface area contributed by atoms with Crippen LogP contribution in [0.2, 0.25) is 0 Å². The van der Waals surface area contributed by atoms with Gasteiger partial charge >= 0.3 is 0 Å². The van der Waals surface area contributed by atoms with Gasteiger partial charge in [-0.3, -0.25) is 9.69 Å². The van der Waals surface area contributed by atoms with Gasteiger partial charge in [-0.2, -0.15) is 0 Å². The molecule has 2 fully saturated rings. The average molecular weight is 297 g/mol. The first kappa shape index (κ1) is 14.4. The number of ketones is 1. The molecule has 118 valence electrons. The van der Waals surface area contributed by atoms with Gasteiger partial charge in [0, 0.05) is 12.1 Å². The maximum atomic E-state index is 13.2. The normalized spacial score (nSPS) is 34.6. The molecule has 0 spiro atoms. The Morgan fingerprint density at radius 1 is 1.32 bits per heavy atom. The summed E-state index contributed by atoms with van der Waals surface area (Å²) in [5.74, 6) is 1.66. The van der Waals surface area contributed by atoms with Gasteiger partial charge in [-0.05, 0) is 60.6 Å². The van der Waals surface area contributed by atoms with E-state index in [9.17, 15) is 4.79 Å². The van der Waals surface area contributed by atoms with Crippen LogP contribution in [0.4, 0.5) is 0 Å². The van der Waals surface area contributed by atoms with E-state index in [1.54, 1.807) is 0 Å². The van der Waals surface area contributed by atoms with Crippen molar-refractivity contribution in [2.24, 2.45) is 11.8 Å². The second-order valence-corrected chi connectivity index (χ2v) is 7.94. The first-order valence-corrected chi connectivity index (χ1v) is 8.96. The van der Waals surface area contributed by atoms with Crippen molar-refractivity contribution in [3.8, 4) is 0 Å². The Hall–Kier alpha value is -1.15. The molecular formula is C20H27NO. The second-order valence-electron chi connectivity index (χ2n) is 7.94. The number of Topliss-reactive ketones (excluding diaryl/α,β-unsaturated/α-hetero) is 1. The zero-order valence-corrected chi connectivity index (χ0v) is 14.1. The fraction of sp³-hybridized carbons (Fsp3) is 0.650. The molecule has 1 heterocycles. The summed E-state index contributed by atoms with van der Waals surface area (Å²) < 4.78 is 0. The number of rotatable bonds is 3. The van der Waals surface area contributed by atoms with Gasteiger partial charge in [0.05, 0.1) is 6.04 Å². The molecular weight excluding hydrogens is 270 g/mol. The van der Waals surface area contributed by atoms with Gasteiger partial charge in [0.2, 0.25) is 0 Å². The van der Waals surface area contributed by atoms with Crippen LogP contribution >= 0.6 is 0 Å². The molecule has 1 aromatic carbocycles. The third-order valence-corrected chi connectivity index (χ3v) is 6.62. The van der Waals surface area contributed by atoms with E-state index in [0.717, 1.165) is 31.0 Å². The molecule has 0 amide bonds. The summed E-state index contributed by atoms with van der Waals surface area (Å²) in [6.45, 7) is 9.12. The summed E-state index contributed by atoms with van der Waals surface area (Å²) in [6, 6.07) is 6.68. The maximum absolute atomic E-state index is 13.2. The summed E-state index contributed by atoms with van der Waals surface area (Å²) in [4.78, 5) is 15.7. The highest BCUT2D eigenvalue weighted by Crippen LogP contribution is 2.49. The van der Waals surface area contributed by atoms with E-state index in [2.05, 4.69) is 43.9 Å². The molecule has 2 aliphatic carbocycles. The number of hydrogen-bond donors (Lipinski definition) is 0. The van der Waals surface area contributed by atoms with Crippen LogP contribution in [0.5, 0.6) is 0 Å². The van der Waals surface area contributed by atoms with Crippen molar-refractivity contribution in [3.05, 3.63) is 34.9 Å². The van der Waals surface area contributed by atoms with Crippen molar-refractivity contribution >= 4 is 5.78 Å². The molecule has 1 saturated carbocycles. The third-order valence-electron chi connectivity index (χ3n) is 6.62. The van der Waals surface area contributed by atoms with Gasteiger partial charge in [-0.1, -0.05) is 39.0 Å². The summed E-state index contributed by atoms with van der Waals surface area (Å²) >= 11 is 0. The van der Waals surface area contributed by atoms with E-state index >= 15 is 0 Å². The molecule has 0 N–H and O–H groups in total. The van der Waals surface area contributed by atoms with Crippen LogP contribution in [0.25, 0.3) is 0 Å². The summed E-state index contributed by atoms with van der Waals surface area (Å²) in [6.07, 6.45) is 4.95. The standard InChI is InChI=1S/C20H27NO/c1-4-14-7-8-16-17(11-14)20(3)9-10-21(12-15-5-6-15)18(13(20)2)19(16)22/h7-8,11,13,15,18H,4-6,9-10,12H2,1-3H3/t13-,18-,20+/m0/s1. The minimum atomic E-state index is 0.110. The van der Waals surface area contributed by atoms with Crippen LogP contribution in [0.15, 0.2) is 18.2 Å². The number of fused-ring (bicyclic) bond motifs is 4. The minimum absolute atomic E-state index is 0.110. The van der Waals surface area contributed by atoms with E-state index in [0.29, 0.717) is 11.7 Å². The molecule has 4 rings (SSSR count). The predicted octanol–water partition coefficient (Wildman–Crippen LogP) is 3.82. The van der Waals surface area contributed by atoms with Crippen LogP contribution < -0.4 is 0 Å². The van der Waals surface area contributed by atoms with Gasteiger partial charge in [0.1, 0.15) is 0 Å². The molecule has 0 radical (unpaired) electrons. The molecule has 2 bridgehead atoms. The van der Waals surface area contributed by atoms with E-state index in [1.165, 1.54) is 30.4 Å². The molecule has 2 heteroatoms. The summed E-state index contributed by atoms with van der Waals surface area (Å²) in [7, 11) is 0. The molecule has 1 aliphatic heterocycles. The molecule has 1 saturated heterocycles. The number of nitrogens with zero attached hydrogens (tertiary/aromatic N) is 1. The maximum Gasteiger partial charge on any atom is 0.180 e. The molecule has 22 heavy (non-hydrogen) atoms. The zero-order valence-electron chi connectivity index (χ0n) is 14.1. The number of piperidine rings is 1. The van der Waals surface area contributed by atoms with E-state index in [1.807, 2.05) is 0 Å². The second kappa shape index (κ2) is 4.92. The highest BCUT2D eigenvalue weighted by molar-refractivity contribution is 6.03. The lowest BCUT2D eigenvalue weighted by atomic mass is 9.58. The highest BCUT2D eigenvalue weighted by atomic mass is 16.1. The largest absolute Gasteiger partial charge is 0.293 e. The molecule has 1 aromatic rings. The third kappa shape index (κ3) is 2.00. The molecule has 0 aromatic heterocycles. The SMILES string of the molecule is CCc1ccc2c(c1)[C@]1(C)CCN(CC3CC3)[C@H](C2=O)[C@@H]1C. The number of likely N-dealkylation sites (tertiary alicyclic amines) is 1. The van der Waals surface area contributed by atoms with Crippen molar-refractivity contribution in [2.75, 3.05) is 13.1 Å². The highest BCUT2D eigenvalue weighted by Gasteiger charge is 2.52. The topological polar surface area (TPSA) is 20.3 Å². The van der Waals surface area contributed by atoms with E-state index < -0.39 is 0 Å². The molecule has 0 unspecified atom stereocenters. The lowest BCUT2D eigenvalue weighted by molar-refractivity contribution is 0.0266. The Kier molecular flexibility index (Phi) is 3.23. The summed E-state index contributed by atoms with van der Waals surface area (Å²) in [5.41, 5.74) is 3.85. The molecule has 3 atom stereocenters. The van der Waals surface area contributed by atoms with Crippen molar-refractivity contribution in [3.63, 3.8) is 0 Å². The average Bonchev–Trinajstić information content (AvgIpc) is 3.33. The number of carbonyl (C=O) groups is 1. The van der Waals surface area contributed by atoms with Gasteiger partial charge in [-0.15, -0.1) is 0 Å². The van der Waals surface area contributed by atoms with E-state index in [4.69, 9.17) is 0 Å². The first-order valence-electron chi connectivity index (χ1n) is 8.96. The number of aryl methyl sites for hydroxylation is 1. The lowest BCUT2D eigenvalue weighted by Gasteiger charge is -2.53. The monoisotopic (exact) mass is 297 g/mol. The minimum Gasteiger partial charge on any atom is -0.293 e. The van der Waals surface area contributed by atoms with Crippen molar-refractivity contribution in [1.29, 1.82) is 0 Å². The van der Waals surface area contributed by atoms with E-state index in [-0.39, 0.29) is 11.5 Å². The zero-order chi connectivity index (χ0) is 15.5. The summed E-state index contributed by atoms with van der Waals surface area (Å²) in [5, 5.41) is 0. The van der Waals surface area contributed by atoms with Crippen molar-refractivity contribution in [1.82, 2.24) is 4.90 Å². The first-order chi connectivity index (χ1) is 10.5. The van der Waals surface area contributed by atoms with Crippen LogP contribution in [-0.4, -0.2) is 29.8 Å². The van der Waals surface area contributed by atoms with Gasteiger partial charge in [0.15, 0.2) is 5.78 Å². The van der Waals surface area contributed by atoms with Crippen LogP contribution in [0.3, 0.4) is 0 Å². The van der Waals surface area contributed by atoms with Crippen molar-refractivity contribution < 1.29 is 4.79 Å².